The van der Waals surface area contributed by atoms with Gasteiger partial charge >= 0.3 is 5.97 Å². The maximum atomic E-state index is 12.3. The van der Waals surface area contributed by atoms with Gasteiger partial charge in [-0.2, -0.15) is 0 Å². The molecular formula is C18H20ClNO4S. The molecule has 0 heterocycles. The molecule has 0 aliphatic rings. The van der Waals surface area contributed by atoms with E-state index in [2.05, 4.69) is 9.46 Å². The molecule has 0 fully saturated rings. The fourth-order valence-corrected chi connectivity index (χ4v) is 3.74. The number of sulfonamides is 1. The Hall–Kier alpha value is -1.89. The van der Waals surface area contributed by atoms with E-state index < -0.39 is 10.0 Å². The maximum Gasteiger partial charge on any atom is 0.309 e. The largest absolute Gasteiger partial charge is 0.469 e. The van der Waals surface area contributed by atoms with Crippen LogP contribution in [0.5, 0.6) is 0 Å². The lowest BCUT2D eigenvalue weighted by Crippen LogP contribution is -2.34. The van der Waals surface area contributed by atoms with Gasteiger partial charge in [0.25, 0.3) is 0 Å². The fourth-order valence-electron chi connectivity index (χ4n) is 2.37. The van der Waals surface area contributed by atoms with E-state index in [1.165, 1.54) is 19.2 Å². The van der Waals surface area contributed by atoms with E-state index in [0.717, 1.165) is 11.1 Å². The van der Waals surface area contributed by atoms with Gasteiger partial charge in [0, 0.05) is 11.1 Å². The van der Waals surface area contributed by atoms with Crippen LogP contribution in [0, 0.1) is 0 Å². The molecule has 0 saturated carbocycles. The van der Waals surface area contributed by atoms with Gasteiger partial charge < -0.3 is 4.74 Å². The minimum Gasteiger partial charge on any atom is -0.469 e. The highest BCUT2D eigenvalue weighted by Gasteiger charge is 2.17. The molecular weight excluding hydrogens is 362 g/mol. The third-order valence-corrected chi connectivity index (χ3v) is 5.48. The number of esters is 1. The molecule has 25 heavy (non-hydrogen) atoms. The van der Waals surface area contributed by atoms with Crippen LogP contribution in [0.3, 0.4) is 0 Å². The SMILES string of the molecule is COC(=O)Cc1ccc(CC(C)NS(=O)(=O)c2ccc(Cl)cc2)cc1. The summed E-state index contributed by atoms with van der Waals surface area (Å²) in [6, 6.07) is 13.2. The molecule has 0 aromatic heterocycles. The summed E-state index contributed by atoms with van der Waals surface area (Å²) < 4.78 is 32.0. The van der Waals surface area contributed by atoms with Gasteiger partial charge in [-0.1, -0.05) is 35.9 Å². The molecule has 0 aliphatic carbocycles. The summed E-state index contributed by atoms with van der Waals surface area (Å²) in [4.78, 5) is 11.4. The first-order valence-electron chi connectivity index (χ1n) is 7.72. The van der Waals surface area contributed by atoms with Crippen molar-refractivity contribution < 1.29 is 17.9 Å². The molecule has 7 heteroatoms. The normalized spacial score (nSPS) is 12.6. The third kappa shape index (κ3) is 5.85. The molecule has 1 atom stereocenters. The summed E-state index contributed by atoms with van der Waals surface area (Å²) in [6.07, 6.45) is 0.751. The van der Waals surface area contributed by atoms with Crippen molar-refractivity contribution in [2.75, 3.05) is 7.11 Å². The van der Waals surface area contributed by atoms with Crippen LogP contribution in [0.15, 0.2) is 53.4 Å². The molecule has 134 valence electrons. The lowest BCUT2D eigenvalue weighted by Gasteiger charge is -2.15. The van der Waals surface area contributed by atoms with Crippen molar-refractivity contribution in [3.8, 4) is 0 Å². The quantitative estimate of drug-likeness (QED) is 0.748. The molecule has 0 spiro atoms. The van der Waals surface area contributed by atoms with Crippen molar-refractivity contribution in [1.82, 2.24) is 4.72 Å². The second-order valence-electron chi connectivity index (χ2n) is 5.75. The van der Waals surface area contributed by atoms with Crippen LogP contribution < -0.4 is 4.72 Å². The maximum absolute atomic E-state index is 12.3. The molecule has 0 amide bonds. The number of carbonyl (C=O) groups is 1. The Morgan fingerprint density at radius 2 is 1.64 bits per heavy atom. The Morgan fingerprint density at radius 3 is 2.20 bits per heavy atom. The number of benzene rings is 2. The molecule has 1 unspecified atom stereocenters. The van der Waals surface area contributed by atoms with Crippen LogP contribution in [-0.2, 0) is 32.4 Å². The minimum atomic E-state index is -3.59. The van der Waals surface area contributed by atoms with Gasteiger partial charge in [-0.3, -0.25) is 4.79 Å². The minimum absolute atomic E-state index is 0.178. The summed E-state index contributed by atoms with van der Waals surface area (Å²) in [7, 11) is -2.24. The summed E-state index contributed by atoms with van der Waals surface area (Å²) >= 11 is 5.78. The van der Waals surface area contributed by atoms with Gasteiger partial charge in [0.15, 0.2) is 0 Å². The standard InChI is InChI=1S/C18H20ClNO4S/c1-13(20-25(22,23)17-9-7-16(19)8-10-17)11-14-3-5-15(6-4-14)12-18(21)24-2/h3-10,13,20H,11-12H2,1-2H3. The number of carbonyl (C=O) groups excluding carboxylic acids is 1. The van der Waals surface area contributed by atoms with Gasteiger partial charge in [-0.05, 0) is 48.7 Å². The summed E-state index contributed by atoms with van der Waals surface area (Å²) in [5.74, 6) is -0.295. The van der Waals surface area contributed by atoms with Gasteiger partial charge in [0.05, 0.1) is 18.4 Å². The number of methoxy groups -OCH3 is 1. The molecule has 2 rings (SSSR count). The van der Waals surface area contributed by atoms with Crippen LogP contribution in [0.1, 0.15) is 18.1 Å². The average molecular weight is 382 g/mol. The van der Waals surface area contributed by atoms with Crippen molar-refractivity contribution >= 4 is 27.6 Å². The molecule has 1 N–H and O–H groups in total. The topological polar surface area (TPSA) is 72.5 Å². The van der Waals surface area contributed by atoms with Gasteiger partial charge in [-0.15, -0.1) is 0 Å². The van der Waals surface area contributed by atoms with E-state index in [1.54, 1.807) is 19.1 Å². The van der Waals surface area contributed by atoms with Crippen molar-refractivity contribution in [2.24, 2.45) is 0 Å². The Labute approximate surface area is 153 Å². The Kier molecular flexibility index (Phi) is 6.58. The first-order chi connectivity index (χ1) is 11.8. The highest BCUT2D eigenvalue weighted by Crippen LogP contribution is 2.15. The van der Waals surface area contributed by atoms with E-state index in [1.807, 2.05) is 24.3 Å². The van der Waals surface area contributed by atoms with Crippen molar-refractivity contribution in [1.29, 1.82) is 0 Å². The number of hydrogen-bond acceptors (Lipinski definition) is 4. The van der Waals surface area contributed by atoms with E-state index in [4.69, 9.17) is 11.6 Å². The third-order valence-electron chi connectivity index (χ3n) is 3.62. The molecule has 0 bridgehead atoms. The zero-order valence-corrected chi connectivity index (χ0v) is 15.6. The van der Waals surface area contributed by atoms with E-state index in [-0.39, 0.29) is 23.3 Å². The Morgan fingerprint density at radius 1 is 1.08 bits per heavy atom. The first kappa shape index (κ1) is 19.4. The highest BCUT2D eigenvalue weighted by molar-refractivity contribution is 7.89. The highest BCUT2D eigenvalue weighted by atomic mass is 35.5. The average Bonchev–Trinajstić information content (AvgIpc) is 2.56. The fraction of sp³-hybridized carbons (Fsp3) is 0.278. The smallest absolute Gasteiger partial charge is 0.309 e. The molecule has 2 aromatic carbocycles. The second-order valence-corrected chi connectivity index (χ2v) is 7.90. The summed E-state index contributed by atoms with van der Waals surface area (Å²) in [5, 5.41) is 0.485. The lowest BCUT2D eigenvalue weighted by molar-refractivity contribution is -0.139. The van der Waals surface area contributed by atoms with Gasteiger partial charge in [0.1, 0.15) is 0 Å². The Balaban J connectivity index is 1.98. The van der Waals surface area contributed by atoms with Crippen LogP contribution in [0.2, 0.25) is 5.02 Å². The number of rotatable bonds is 7. The van der Waals surface area contributed by atoms with Crippen LogP contribution in [0.4, 0.5) is 0 Å². The number of nitrogens with one attached hydrogen (secondary N) is 1. The molecule has 0 radical (unpaired) electrons. The lowest BCUT2D eigenvalue weighted by atomic mass is 10.0. The predicted molar refractivity (Wildman–Crippen MR) is 97.1 cm³/mol. The van der Waals surface area contributed by atoms with Crippen molar-refractivity contribution in [3.05, 3.63) is 64.7 Å². The van der Waals surface area contributed by atoms with Crippen LogP contribution in [0.25, 0.3) is 0 Å². The zero-order chi connectivity index (χ0) is 18.4. The van der Waals surface area contributed by atoms with Gasteiger partial charge in [-0.25, -0.2) is 13.1 Å². The first-order valence-corrected chi connectivity index (χ1v) is 9.59. The molecule has 5 nitrogen and oxygen atoms in total. The summed E-state index contributed by atoms with van der Waals surface area (Å²) in [5.41, 5.74) is 1.82. The number of halogens is 1. The van der Waals surface area contributed by atoms with Crippen LogP contribution >= 0.6 is 11.6 Å². The zero-order valence-electron chi connectivity index (χ0n) is 14.0. The van der Waals surface area contributed by atoms with Crippen LogP contribution in [-0.4, -0.2) is 27.5 Å². The van der Waals surface area contributed by atoms with E-state index in [0.29, 0.717) is 11.4 Å². The molecule has 0 aliphatic heterocycles. The number of hydrogen-bond donors (Lipinski definition) is 1. The summed E-state index contributed by atoms with van der Waals surface area (Å²) in [6.45, 7) is 1.80. The molecule has 0 saturated heterocycles. The van der Waals surface area contributed by atoms with Crippen molar-refractivity contribution in [3.63, 3.8) is 0 Å². The van der Waals surface area contributed by atoms with E-state index >= 15 is 0 Å². The monoisotopic (exact) mass is 381 g/mol. The predicted octanol–water partition coefficient (Wildman–Crippen LogP) is 2.97. The molecule has 2 aromatic rings. The number of ether oxygens (including phenoxy) is 1. The Bertz CT molecular complexity index is 817. The van der Waals surface area contributed by atoms with E-state index in [9.17, 15) is 13.2 Å². The second kappa shape index (κ2) is 8.47. The van der Waals surface area contributed by atoms with Crippen molar-refractivity contribution in [2.45, 2.75) is 30.7 Å². The van der Waals surface area contributed by atoms with Gasteiger partial charge in [0.2, 0.25) is 10.0 Å².